The number of fused-ring (bicyclic) bond motifs is 1. The Hall–Kier alpha value is -3.65. The molecule has 0 spiro atoms. The maximum Gasteiger partial charge on any atom is 0.256 e. The van der Waals surface area contributed by atoms with Gasteiger partial charge >= 0.3 is 0 Å². The SMILES string of the molecule is COc1ncc(-c2ccn3nc(N)nc3c2)cc1C(=O)NCCCc1ccc(Cl)cc1. The molecule has 0 aliphatic carbocycles. The van der Waals surface area contributed by atoms with Crippen molar-refractivity contribution in [3.8, 4) is 17.0 Å². The lowest BCUT2D eigenvalue weighted by molar-refractivity contribution is 0.0949. The molecule has 0 unspecified atom stereocenters. The topological polar surface area (TPSA) is 107 Å². The van der Waals surface area contributed by atoms with E-state index in [2.05, 4.69) is 20.4 Å². The Bertz CT molecular complexity index is 1220. The van der Waals surface area contributed by atoms with E-state index in [1.807, 2.05) is 36.4 Å². The first-order chi connectivity index (χ1) is 15.0. The number of methoxy groups -OCH3 is 1. The van der Waals surface area contributed by atoms with Crippen LogP contribution in [0.15, 0.2) is 54.9 Å². The van der Waals surface area contributed by atoms with Crippen molar-refractivity contribution in [1.82, 2.24) is 24.9 Å². The van der Waals surface area contributed by atoms with Crippen molar-refractivity contribution in [2.45, 2.75) is 12.8 Å². The molecule has 31 heavy (non-hydrogen) atoms. The minimum Gasteiger partial charge on any atom is -0.480 e. The third-order valence-electron chi connectivity index (χ3n) is 4.82. The molecule has 0 saturated carbocycles. The summed E-state index contributed by atoms with van der Waals surface area (Å²) in [7, 11) is 1.49. The summed E-state index contributed by atoms with van der Waals surface area (Å²) in [5.41, 5.74) is 9.40. The number of hydrogen-bond acceptors (Lipinski definition) is 6. The molecule has 158 valence electrons. The van der Waals surface area contributed by atoms with Gasteiger partial charge in [0.2, 0.25) is 11.8 Å². The number of anilines is 1. The molecule has 0 bridgehead atoms. The first-order valence-corrected chi connectivity index (χ1v) is 10.1. The highest BCUT2D eigenvalue weighted by Gasteiger charge is 2.15. The van der Waals surface area contributed by atoms with Gasteiger partial charge in [-0.15, -0.1) is 5.10 Å². The maximum absolute atomic E-state index is 12.8. The van der Waals surface area contributed by atoms with Crippen molar-refractivity contribution >= 4 is 29.1 Å². The lowest BCUT2D eigenvalue weighted by Crippen LogP contribution is -2.25. The van der Waals surface area contributed by atoms with E-state index >= 15 is 0 Å². The van der Waals surface area contributed by atoms with Gasteiger partial charge in [-0.25, -0.2) is 9.50 Å². The van der Waals surface area contributed by atoms with Gasteiger partial charge in [0.15, 0.2) is 5.65 Å². The number of nitrogen functional groups attached to an aromatic ring is 1. The molecule has 0 saturated heterocycles. The van der Waals surface area contributed by atoms with Crippen molar-refractivity contribution in [3.63, 3.8) is 0 Å². The molecule has 0 atom stereocenters. The number of carbonyl (C=O) groups is 1. The quantitative estimate of drug-likeness (QED) is 0.430. The van der Waals surface area contributed by atoms with E-state index in [1.54, 1.807) is 23.0 Å². The molecular weight excluding hydrogens is 416 g/mol. The van der Waals surface area contributed by atoms with Crippen LogP contribution in [0.2, 0.25) is 5.02 Å². The molecule has 4 aromatic rings. The van der Waals surface area contributed by atoms with Gasteiger partial charge in [-0.1, -0.05) is 23.7 Å². The van der Waals surface area contributed by atoms with Gasteiger partial charge in [0.25, 0.3) is 5.91 Å². The summed E-state index contributed by atoms with van der Waals surface area (Å²) in [6.07, 6.45) is 5.05. The number of benzene rings is 1. The number of nitrogens with zero attached hydrogens (tertiary/aromatic N) is 4. The fourth-order valence-corrected chi connectivity index (χ4v) is 3.38. The van der Waals surface area contributed by atoms with Gasteiger partial charge in [0.1, 0.15) is 5.56 Å². The molecular formula is C22H21ClN6O2. The van der Waals surface area contributed by atoms with E-state index in [0.717, 1.165) is 24.0 Å². The van der Waals surface area contributed by atoms with Crippen molar-refractivity contribution in [3.05, 3.63) is 71.0 Å². The van der Waals surface area contributed by atoms with Gasteiger partial charge in [0.05, 0.1) is 7.11 Å². The summed E-state index contributed by atoms with van der Waals surface area (Å²) in [5.74, 6) is 0.227. The number of halogens is 1. The minimum atomic E-state index is -0.241. The van der Waals surface area contributed by atoms with Crippen LogP contribution in [0.1, 0.15) is 22.3 Å². The second-order valence-electron chi connectivity index (χ2n) is 6.95. The number of nitrogens with one attached hydrogen (secondary N) is 1. The van der Waals surface area contributed by atoms with E-state index < -0.39 is 0 Å². The first kappa shape index (κ1) is 20.6. The minimum absolute atomic E-state index is 0.198. The van der Waals surface area contributed by atoms with Crippen molar-refractivity contribution in [2.24, 2.45) is 0 Å². The summed E-state index contributed by atoms with van der Waals surface area (Å²) < 4.78 is 6.88. The van der Waals surface area contributed by atoms with Gasteiger partial charge in [-0.3, -0.25) is 4.79 Å². The highest BCUT2D eigenvalue weighted by Crippen LogP contribution is 2.25. The van der Waals surface area contributed by atoms with Crippen molar-refractivity contribution in [2.75, 3.05) is 19.4 Å². The number of aromatic nitrogens is 4. The van der Waals surface area contributed by atoms with Crippen LogP contribution in [0, 0.1) is 0 Å². The van der Waals surface area contributed by atoms with E-state index in [0.29, 0.717) is 22.8 Å². The van der Waals surface area contributed by atoms with Crippen LogP contribution in [-0.2, 0) is 6.42 Å². The van der Waals surface area contributed by atoms with E-state index in [1.165, 1.54) is 12.7 Å². The van der Waals surface area contributed by atoms with Crippen LogP contribution in [0.5, 0.6) is 5.88 Å². The summed E-state index contributed by atoms with van der Waals surface area (Å²) in [5, 5.41) is 7.72. The number of rotatable bonds is 7. The number of nitrogens with two attached hydrogens (primary N) is 1. The molecule has 3 N–H and O–H groups in total. The number of ether oxygens (including phenoxy) is 1. The van der Waals surface area contributed by atoms with Crippen LogP contribution in [-0.4, -0.2) is 39.1 Å². The molecule has 9 heteroatoms. The van der Waals surface area contributed by atoms with Crippen LogP contribution in [0.25, 0.3) is 16.8 Å². The molecule has 8 nitrogen and oxygen atoms in total. The highest BCUT2D eigenvalue weighted by atomic mass is 35.5. The third kappa shape index (κ3) is 4.75. The van der Waals surface area contributed by atoms with Crippen molar-refractivity contribution < 1.29 is 9.53 Å². The third-order valence-corrected chi connectivity index (χ3v) is 5.07. The molecule has 0 radical (unpaired) electrons. The molecule has 1 amide bonds. The number of aryl methyl sites for hydroxylation is 1. The molecule has 4 rings (SSSR count). The largest absolute Gasteiger partial charge is 0.480 e. The molecule has 0 fully saturated rings. The fraction of sp³-hybridized carbons (Fsp3) is 0.182. The Morgan fingerprint density at radius 1 is 1.19 bits per heavy atom. The summed E-state index contributed by atoms with van der Waals surface area (Å²) >= 11 is 5.91. The second kappa shape index (κ2) is 9.01. The van der Waals surface area contributed by atoms with E-state index in [-0.39, 0.29) is 17.7 Å². The maximum atomic E-state index is 12.8. The van der Waals surface area contributed by atoms with E-state index in [9.17, 15) is 4.79 Å². The summed E-state index contributed by atoms with van der Waals surface area (Å²) in [6, 6.07) is 13.2. The predicted octanol–water partition coefficient (Wildman–Crippen LogP) is 3.40. The summed E-state index contributed by atoms with van der Waals surface area (Å²) in [6.45, 7) is 0.528. The molecule has 0 aliphatic rings. The van der Waals surface area contributed by atoms with Gasteiger partial charge in [0, 0.05) is 29.5 Å². The Kier molecular flexibility index (Phi) is 5.99. The lowest BCUT2D eigenvalue weighted by Gasteiger charge is -2.11. The van der Waals surface area contributed by atoms with Crippen LogP contribution < -0.4 is 15.8 Å². The summed E-state index contributed by atoms with van der Waals surface area (Å²) in [4.78, 5) is 21.3. The molecule has 3 aromatic heterocycles. The average molecular weight is 437 g/mol. The van der Waals surface area contributed by atoms with Crippen LogP contribution in [0.3, 0.4) is 0 Å². The Labute approximate surface area is 184 Å². The van der Waals surface area contributed by atoms with E-state index in [4.69, 9.17) is 22.1 Å². The van der Waals surface area contributed by atoms with Crippen LogP contribution >= 0.6 is 11.6 Å². The van der Waals surface area contributed by atoms with Crippen molar-refractivity contribution in [1.29, 1.82) is 0 Å². The Balaban J connectivity index is 1.47. The molecule has 3 heterocycles. The fourth-order valence-electron chi connectivity index (χ4n) is 3.25. The zero-order valence-corrected chi connectivity index (χ0v) is 17.6. The molecule has 1 aromatic carbocycles. The average Bonchev–Trinajstić information content (AvgIpc) is 3.16. The van der Waals surface area contributed by atoms with Gasteiger partial charge < -0.3 is 15.8 Å². The zero-order chi connectivity index (χ0) is 21.8. The highest BCUT2D eigenvalue weighted by molar-refractivity contribution is 6.30. The van der Waals surface area contributed by atoms with Crippen LogP contribution in [0.4, 0.5) is 5.95 Å². The number of hydrogen-bond donors (Lipinski definition) is 2. The Morgan fingerprint density at radius 3 is 2.77 bits per heavy atom. The number of pyridine rings is 2. The number of carbonyl (C=O) groups excluding carboxylic acids is 1. The normalized spacial score (nSPS) is 10.9. The predicted molar refractivity (Wildman–Crippen MR) is 119 cm³/mol. The zero-order valence-electron chi connectivity index (χ0n) is 16.9. The monoisotopic (exact) mass is 436 g/mol. The lowest BCUT2D eigenvalue weighted by atomic mass is 10.1. The molecule has 0 aliphatic heterocycles. The van der Waals surface area contributed by atoms with Gasteiger partial charge in [-0.2, -0.15) is 4.98 Å². The van der Waals surface area contributed by atoms with Gasteiger partial charge in [-0.05, 0) is 54.3 Å². The Morgan fingerprint density at radius 2 is 2.00 bits per heavy atom. The number of amides is 1. The standard InChI is InChI=1S/C22H21ClN6O2/c1-31-21-18(20(30)25-9-2-3-14-4-6-17(23)7-5-14)11-16(13-26-21)15-8-10-29-19(12-15)27-22(24)28-29/h4-8,10-13H,2-3,9H2,1H3,(H2,24,28)(H,25,30). The smallest absolute Gasteiger partial charge is 0.256 e. The first-order valence-electron chi connectivity index (χ1n) is 9.72. The second-order valence-corrected chi connectivity index (χ2v) is 7.39.